The Hall–Kier alpha value is -3.60. The third-order valence-electron chi connectivity index (χ3n) is 6.77. The number of unbranched alkanes of at least 4 members (excludes halogenated alkanes) is 1. The van der Waals surface area contributed by atoms with Gasteiger partial charge in [0.25, 0.3) is 5.91 Å². The standard InChI is InChI=1S/C31H36FN3O.C2H6/c1-4-7-10-21(9-5-2)22-13-15-23(16-14-22)31(36)35-30-27-18-17-26(20-29(27)34-28(30)6-3)33-25-12-8-11-24(32)19-25;1-2/h8,11-21,33-34H,4-7,9-10H2,1-3H3,(H,35,36);1-2H3. The van der Waals surface area contributed by atoms with Gasteiger partial charge in [-0.05, 0) is 79.3 Å². The van der Waals surface area contributed by atoms with E-state index in [2.05, 4.69) is 48.5 Å². The third-order valence-corrected chi connectivity index (χ3v) is 6.77. The summed E-state index contributed by atoms with van der Waals surface area (Å²) in [5.74, 6) is 0.163. The van der Waals surface area contributed by atoms with Crippen molar-refractivity contribution in [3.05, 3.63) is 89.4 Å². The molecule has 4 rings (SSSR count). The normalized spacial score (nSPS) is 11.5. The van der Waals surface area contributed by atoms with Crippen molar-refractivity contribution in [3.63, 3.8) is 0 Å². The summed E-state index contributed by atoms with van der Waals surface area (Å²) in [5.41, 5.74) is 6.20. The molecule has 4 nitrogen and oxygen atoms in total. The summed E-state index contributed by atoms with van der Waals surface area (Å²) in [4.78, 5) is 16.6. The van der Waals surface area contributed by atoms with Gasteiger partial charge in [0.15, 0.2) is 0 Å². The monoisotopic (exact) mass is 515 g/mol. The minimum Gasteiger partial charge on any atom is -0.357 e. The van der Waals surface area contributed by atoms with E-state index in [0.29, 0.717) is 17.2 Å². The average Bonchev–Trinajstić information content (AvgIpc) is 3.28. The third kappa shape index (κ3) is 7.25. The van der Waals surface area contributed by atoms with E-state index in [4.69, 9.17) is 0 Å². The predicted molar refractivity (Wildman–Crippen MR) is 160 cm³/mol. The molecule has 0 bridgehead atoms. The summed E-state index contributed by atoms with van der Waals surface area (Å²) in [7, 11) is 0. The van der Waals surface area contributed by atoms with Gasteiger partial charge >= 0.3 is 0 Å². The van der Waals surface area contributed by atoms with Crippen molar-refractivity contribution in [2.45, 2.75) is 79.1 Å². The van der Waals surface area contributed by atoms with Crippen molar-refractivity contribution in [2.24, 2.45) is 0 Å². The number of rotatable bonds is 11. The molecule has 1 amide bonds. The molecular formula is C33H42FN3O. The molecule has 0 saturated heterocycles. The van der Waals surface area contributed by atoms with E-state index in [1.54, 1.807) is 6.07 Å². The molecule has 5 heteroatoms. The predicted octanol–water partition coefficient (Wildman–Crippen LogP) is 9.97. The highest BCUT2D eigenvalue weighted by molar-refractivity contribution is 6.10. The zero-order valence-corrected chi connectivity index (χ0v) is 23.5. The van der Waals surface area contributed by atoms with Crippen LogP contribution in [0.1, 0.15) is 94.3 Å². The first kappa shape index (κ1) is 29.0. The van der Waals surface area contributed by atoms with E-state index >= 15 is 0 Å². The highest BCUT2D eigenvalue weighted by Gasteiger charge is 2.16. The Morgan fingerprint density at radius 1 is 0.895 bits per heavy atom. The maximum Gasteiger partial charge on any atom is 0.255 e. The van der Waals surface area contributed by atoms with Crippen molar-refractivity contribution < 1.29 is 9.18 Å². The largest absolute Gasteiger partial charge is 0.357 e. The minimum atomic E-state index is -0.283. The van der Waals surface area contributed by atoms with Gasteiger partial charge in [0.05, 0.1) is 5.69 Å². The van der Waals surface area contributed by atoms with Gasteiger partial charge in [-0.3, -0.25) is 4.79 Å². The van der Waals surface area contributed by atoms with Crippen molar-refractivity contribution in [1.29, 1.82) is 0 Å². The Balaban J connectivity index is 0.00000195. The molecule has 1 aromatic heterocycles. The Kier molecular flexibility index (Phi) is 11.0. The van der Waals surface area contributed by atoms with Crippen LogP contribution in [0.3, 0.4) is 0 Å². The number of hydrogen-bond donors (Lipinski definition) is 3. The van der Waals surface area contributed by atoms with Gasteiger partial charge in [-0.1, -0.05) is 72.1 Å². The van der Waals surface area contributed by atoms with Crippen LogP contribution in [0.15, 0.2) is 66.7 Å². The number of fused-ring (bicyclic) bond motifs is 1. The van der Waals surface area contributed by atoms with Gasteiger partial charge in [0, 0.05) is 33.5 Å². The number of nitrogens with one attached hydrogen (secondary N) is 3. The highest BCUT2D eigenvalue weighted by atomic mass is 19.1. The molecule has 0 saturated carbocycles. The fourth-order valence-electron chi connectivity index (χ4n) is 4.84. The van der Waals surface area contributed by atoms with Crippen LogP contribution in [0.5, 0.6) is 0 Å². The quantitative estimate of drug-likeness (QED) is 0.186. The number of hydrogen-bond acceptors (Lipinski definition) is 2. The van der Waals surface area contributed by atoms with Gasteiger partial charge < -0.3 is 15.6 Å². The molecule has 0 fully saturated rings. The Bertz CT molecular complexity index is 1310. The molecule has 0 spiro atoms. The molecule has 1 heterocycles. The van der Waals surface area contributed by atoms with Crippen LogP contribution in [0, 0.1) is 5.82 Å². The first-order chi connectivity index (χ1) is 18.5. The second kappa shape index (κ2) is 14.4. The summed E-state index contributed by atoms with van der Waals surface area (Å²) in [6.07, 6.45) is 6.72. The molecule has 202 valence electrons. The molecule has 3 N–H and O–H groups in total. The minimum absolute atomic E-state index is 0.111. The van der Waals surface area contributed by atoms with Gasteiger partial charge in [-0.2, -0.15) is 0 Å². The van der Waals surface area contributed by atoms with Crippen LogP contribution in [0.4, 0.5) is 21.5 Å². The lowest BCUT2D eigenvalue weighted by atomic mass is 9.89. The number of carbonyl (C=O) groups is 1. The van der Waals surface area contributed by atoms with Gasteiger partial charge in [-0.25, -0.2) is 4.39 Å². The van der Waals surface area contributed by atoms with Crippen molar-refractivity contribution in [1.82, 2.24) is 4.98 Å². The summed E-state index contributed by atoms with van der Waals surface area (Å²) < 4.78 is 13.5. The Morgan fingerprint density at radius 2 is 1.63 bits per heavy atom. The van der Waals surface area contributed by atoms with Crippen LogP contribution < -0.4 is 10.6 Å². The van der Waals surface area contributed by atoms with E-state index in [-0.39, 0.29) is 11.7 Å². The lowest BCUT2D eigenvalue weighted by Crippen LogP contribution is -2.13. The first-order valence-corrected chi connectivity index (χ1v) is 14.1. The second-order valence-corrected chi connectivity index (χ2v) is 9.43. The lowest BCUT2D eigenvalue weighted by Gasteiger charge is -2.17. The van der Waals surface area contributed by atoms with Crippen molar-refractivity contribution in [3.8, 4) is 0 Å². The van der Waals surface area contributed by atoms with Crippen LogP contribution in [-0.2, 0) is 6.42 Å². The van der Waals surface area contributed by atoms with Crippen molar-refractivity contribution in [2.75, 3.05) is 10.6 Å². The van der Waals surface area contributed by atoms with E-state index < -0.39 is 0 Å². The second-order valence-electron chi connectivity index (χ2n) is 9.43. The number of aryl methyl sites for hydroxylation is 1. The van der Waals surface area contributed by atoms with Crippen LogP contribution >= 0.6 is 0 Å². The van der Waals surface area contributed by atoms with Gasteiger partial charge in [0.2, 0.25) is 0 Å². The summed E-state index contributed by atoms with van der Waals surface area (Å²) in [6, 6.07) is 20.4. The number of halogens is 1. The number of amides is 1. The van der Waals surface area contributed by atoms with E-state index in [1.165, 1.54) is 43.4 Å². The Labute approximate surface area is 227 Å². The summed E-state index contributed by atoms with van der Waals surface area (Å²) in [6.45, 7) is 10.5. The van der Waals surface area contributed by atoms with E-state index in [9.17, 15) is 9.18 Å². The fraction of sp³-hybridized carbons (Fsp3) is 0.364. The molecule has 1 unspecified atom stereocenters. The van der Waals surface area contributed by atoms with Crippen molar-refractivity contribution >= 4 is 33.9 Å². The highest BCUT2D eigenvalue weighted by Crippen LogP contribution is 2.32. The van der Waals surface area contributed by atoms with Gasteiger partial charge in [-0.15, -0.1) is 0 Å². The number of aromatic nitrogens is 1. The first-order valence-electron chi connectivity index (χ1n) is 14.1. The molecule has 0 radical (unpaired) electrons. The fourth-order valence-corrected chi connectivity index (χ4v) is 4.84. The summed E-state index contributed by atoms with van der Waals surface area (Å²) in [5, 5.41) is 7.33. The van der Waals surface area contributed by atoms with Crippen LogP contribution in [0.25, 0.3) is 10.9 Å². The number of H-pyrrole nitrogens is 1. The molecule has 0 aliphatic carbocycles. The number of aromatic amines is 1. The number of benzene rings is 3. The molecule has 1 atom stereocenters. The molecule has 3 aromatic carbocycles. The molecule has 0 aliphatic heterocycles. The molecular weight excluding hydrogens is 473 g/mol. The zero-order chi connectivity index (χ0) is 27.5. The lowest BCUT2D eigenvalue weighted by molar-refractivity contribution is 0.102. The topological polar surface area (TPSA) is 56.9 Å². The summed E-state index contributed by atoms with van der Waals surface area (Å²) >= 11 is 0. The number of carbonyl (C=O) groups excluding carboxylic acids is 1. The molecule has 4 aromatic rings. The molecule has 38 heavy (non-hydrogen) atoms. The number of anilines is 3. The maximum absolute atomic E-state index is 13.5. The maximum atomic E-state index is 13.5. The average molecular weight is 516 g/mol. The smallest absolute Gasteiger partial charge is 0.255 e. The zero-order valence-electron chi connectivity index (χ0n) is 23.5. The van der Waals surface area contributed by atoms with Crippen LogP contribution in [-0.4, -0.2) is 10.9 Å². The van der Waals surface area contributed by atoms with Crippen LogP contribution in [0.2, 0.25) is 0 Å². The van der Waals surface area contributed by atoms with E-state index in [0.717, 1.165) is 40.8 Å². The Morgan fingerprint density at radius 3 is 2.29 bits per heavy atom. The SMILES string of the molecule is CC.CCCCC(CCC)c1ccc(C(=O)Nc2c(CC)[nH]c3cc(Nc4cccc(F)c4)ccc23)cc1. The van der Waals surface area contributed by atoms with Gasteiger partial charge in [0.1, 0.15) is 5.82 Å². The molecule has 0 aliphatic rings. The van der Waals surface area contributed by atoms with E-state index in [1.807, 2.05) is 50.2 Å².